The fraction of sp³-hybridized carbons (Fsp3) is 0.429. The van der Waals surface area contributed by atoms with Crippen molar-refractivity contribution in [3.8, 4) is 5.75 Å². The number of nitrogens with zero attached hydrogens (tertiary/aromatic N) is 1. The van der Waals surface area contributed by atoms with Crippen LogP contribution in [-0.4, -0.2) is 43.1 Å². The van der Waals surface area contributed by atoms with Gasteiger partial charge in [-0.1, -0.05) is 18.2 Å². The molecular formula is C14H18N2O4. The van der Waals surface area contributed by atoms with Gasteiger partial charge < -0.3 is 15.2 Å². The lowest BCUT2D eigenvalue weighted by atomic mass is 10.2. The molecule has 2 N–H and O–H groups in total. The van der Waals surface area contributed by atoms with E-state index in [1.807, 2.05) is 24.3 Å². The van der Waals surface area contributed by atoms with Crippen LogP contribution in [0, 0.1) is 0 Å². The molecule has 1 saturated heterocycles. The zero-order chi connectivity index (χ0) is 14.4. The molecule has 0 radical (unpaired) electrons. The molecule has 0 bridgehead atoms. The molecule has 1 aromatic carbocycles. The van der Waals surface area contributed by atoms with Gasteiger partial charge in [-0.05, 0) is 12.5 Å². The average Bonchev–Trinajstić information content (AvgIpc) is 2.46. The highest BCUT2D eigenvalue weighted by atomic mass is 16.5. The van der Waals surface area contributed by atoms with Gasteiger partial charge in [-0.25, -0.2) is 0 Å². The molecule has 6 nitrogen and oxygen atoms in total. The Morgan fingerprint density at radius 3 is 2.60 bits per heavy atom. The van der Waals surface area contributed by atoms with E-state index in [0.29, 0.717) is 26.1 Å². The van der Waals surface area contributed by atoms with Crippen molar-refractivity contribution in [3.63, 3.8) is 0 Å². The Morgan fingerprint density at radius 1 is 1.20 bits per heavy atom. The standard InChI is InChI=1S/C14H18N2O4/c15-8-11-4-1-2-5-12(11)20-7-3-6-16-13(17)9-19-10-14(16)18/h1-2,4-5H,3,6-10,15H2. The number of hydrogen-bond acceptors (Lipinski definition) is 5. The quantitative estimate of drug-likeness (QED) is 0.598. The number of para-hydroxylation sites is 1. The summed E-state index contributed by atoms with van der Waals surface area (Å²) >= 11 is 0. The summed E-state index contributed by atoms with van der Waals surface area (Å²) in [6.45, 7) is 1.14. The maximum absolute atomic E-state index is 11.5. The number of imide groups is 1. The van der Waals surface area contributed by atoms with E-state index < -0.39 is 0 Å². The molecule has 0 unspecified atom stereocenters. The van der Waals surface area contributed by atoms with E-state index in [2.05, 4.69) is 0 Å². The molecule has 0 spiro atoms. The second kappa shape index (κ2) is 7.02. The van der Waals surface area contributed by atoms with E-state index >= 15 is 0 Å². The molecule has 20 heavy (non-hydrogen) atoms. The summed E-state index contributed by atoms with van der Waals surface area (Å²) in [5.74, 6) is 0.168. The number of nitrogens with two attached hydrogens (primary N) is 1. The van der Waals surface area contributed by atoms with Crippen molar-refractivity contribution in [2.45, 2.75) is 13.0 Å². The average molecular weight is 278 g/mol. The SMILES string of the molecule is NCc1ccccc1OCCCN1C(=O)COCC1=O. The van der Waals surface area contributed by atoms with Gasteiger partial charge in [-0.15, -0.1) is 0 Å². The predicted octanol–water partition coefficient (Wildman–Crippen LogP) is 0.300. The van der Waals surface area contributed by atoms with Crippen LogP contribution in [0.5, 0.6) is 5.75 Å². The highest BCUT2D eigenvalue weighted by Crippen LogP contribution is 2.17. The van der Waals surface area contributed by atoms with Gasteiger partial charge in [0.1, 0.15) is 19.0 Å². The molecule has 1 aliphatic heterocycles. The lowest BCUT2D eigenvalue weighted by molar-refractivity contribution is -0.158. The summed E-state index contributed by atoms with van der Waals surface area (Å²) in [4.78, 5) is 24.2. The van der Waals surface area contributed by atoms with E-state index in [0.717, 1.165) is 11.3 Å². The van der Waals surface area contributed by atoms with Gasteiger partial charge in [-0.3, -0.25) is 14.5 Å². The van der Waals surface area contributed by atoms with E-state index in [9.17, 15) is 9.59 Å². The topological polar surface area (TPSA) is 81.9 Å². The van der Waals surface area contributed by atoms with Crippen molar-refractivity contribution >= 4 is 11.8 Å². The van der Waals surface area contributed by atoms with Gasteiger partial charge in [-0.2, -0.15) is 0 Å². The summed E-state index contributed by atoms with van der Waals surface area (Å²) in [6, 6.07) is 7.54. The van der Waals surface area contributed by atoms with Gasteiger partial charge in [0.05, 0.1) is 6.61 Å². The fourth-order valence-corrected chi connectivity index (χ4v) is 1.99. The van der Waals surface area contributed by atoms with Crippen LogP contribution < -0.4 is 10.5 Å². The van der Waals surface area contributed by atoms with E-state index in [-0.39, 0.29) is 25.0 Å². The highest BCUT2D eigenvalue weighted by Gasteiger charge is 2.25. The van der Waals surface area contributed by atoms with Crippen LogP contribution >= 0.6 is 0 Å². The monoisotopic (exact) mass is 278 g/mol. The molecule has 0 saturated carbocycles. The smallest absolute Gasteiger partial charge is 0.255 e. The van der Waals surface area contributed by atoms with Crippen LogP contribution in [0.1, 0.15) is 12.0 Å². The lowest BCUT2D eigenvalue weighted by Gasteiger charge is -2.24. The van der Waals surface area contributed by atoms with Crippen molar-refractivity contribution in [1.82, 2.24) is 4.90 Å². The Hall–Kier alpha value is -1.92. The first-order valence-electron chi connectivity index (χ1n) is 6.54. The number of benzene rings is 1. The van der Waals surface area contributed by atoms with Crippen LogP contribution in [0.3, 0.4) is 0 Å². The summed E-state index contributed by atoms with van der Waals surface area (Å²) in [5, 5.41) is 0. The third-order valence-corrected chi connectivity index (χ3v) is 3.03. The number of carbonyl (C=O) groups excluding carboxylic acids is 2. The summed E-state index contributed by atoms with van der Waals surface area (Å²) in [7, 11) is 0. The van der Waals surface area contributed by atoms with Gasteiger partial charge >= 0.3 is 0 Å². The molecule has 1 aromatic rings. The minimum Gasteiger partial charge on any atom is -0.493 e. The third-order valence-electron chi connectivity index (χ3n) is 3.03. The Morgan fingerprint density at radius 2 is 1.90 bits per heavy atom. The summed E-state index contributed by atoms with van der Waals surface area (Å²) in [6.07, 6.45) is 0.580. The van der Waals surface area contributed by atoms with Crippen LogP contribution in [0.15, 0.2) is 24.3 Å². The number of amides is 2. The van der Waals surface area contributed by atoms with Crippen LogP contribution in [0.2, 0.25) is 0 Å². The minimum atomic E-state index is -0.288. The van der Waals surface area contributed by atoms with Crippen molar-refractivity contribution in [2.75, 3.05) is 26.4 Å². The molecule has 1 fully saturated rings. The van der Waals surface area contributed by atoms with Crippen LogP contribution in [-0.2, 0) is 20.9 Å². The maximum atomic E-state index is 11.5. The molecule has 0 atom stereocenters. The first kappa shape index (κ1) is 14.5. The van der Waals surface area contributed by atoms with Gasteiger partial charge in [0.25, 0.3) is 11.8 Å². The molecule has 1 aliphatic rings. The van der Waals surface area contributed by atoms with E-state index in [1.54, 1.807) is 0 Å². The van der Waals surface area contributed by atoms with Crippen LogP contribution in [0.25, 0.3) is 0 Å². The zero-order valence-electron chi connectivity index (χ0n) is 11.2. The van der Waals surface area contributed by atoms with Crippen molar-refractivity contribution in [2.24, 2.45) is 5.73 Å². The molecule has 2 amide bonds. The normalized spacial score (nSPS) is 15.6. The highest BCUT2D eigenvalue weighted by molar-refractivity contribution is 5.98. The van der Waals surface area contributed by atoms with E-state index in [1.165, 1.54) is 4.90 Å². The van der Waals surface area contributed by atoms with Crippen LogP contribution in [0.4, 0.5) is 0 Å². The maximum Gasteiger partial charge on any atom is 0.255 e. The van der Waals surface area contributed by atoms with Gasteiger partial charge in [0.2, 0.25) is 0 Å². The number of ether oxygens (including phenoxy) is 2. The van der Waals surface area contributed by atoms with Crippen molar-refractivity contribution in [3.05, 3.63) is 29.8 Å². The second-order valence-corrected chi connectivity index (χ2v) is 4.45. The molecular weight excluding hydrogens is 260 g/mol. The molecule has 2 rings (SSSR count). The van der Waals surface area contributed by atoms with Gasteiger partial charge in [0.15, 0.2) is 0 Å². The van der Waals surface area contributed by atoms with Crippen molar-refractivity contribution < 1.29 is 19.1 Å². The number of rotatable bonds is 6. The summed E-state index contributed by atoms with van der Waals surface area (Å²) < 4.78 is 10.5. The van der Waals surface area contributed by atoms with E-state index in [4.69, 9.17) is 15.2 Å². The Balaban J connectivity index is 1.78. The number of morpholine rings is 1. The van der Waals surface area contributed by atoms with Gasteiger partial charge in [0, 0.05) is 18.7 Å². The molecule has 108 valence electrons. The largest absolute Gasteiger partial charge is 0.493 e. The molecule has 1 heterocycles. The van der Waals surface area contributed by atoms with Crippen molar-refractivity contribution in [1.29, 1.82) is 0 Å². The summed E-state index contributed by atoms with van der Waals surface area (Å²) in [5.41, 5.74) is 6.55. The Labute approximate surface area is 117 Å². The lowest BCUT2D eigenvalue weighted by Crippen LogP contribution is -2.46. The Kier molecular flexibility index (Phi) is 5.09. The molecule has 0 aromatic heterocycles. The first-order valence-corrected chi connectivity index (χ1v) is 6.54. The zero-order valence-corrected chi connectivity index (χ0v) is 11.2. The third kappa shape index (κ3) is 3.55. The fourth-order valence-electron chi connectivity index (χ4n) is 1.99. The predicted molar refractivity (Wildman–Crippen MR) is 72.0 cm³/mol. The Bertz CT molecular complexity index is 474. The minimum absolute atomic E-state index is 0.0252. The first-order chi connectivity index (χ1) is 9.72. The second-order valence-electron chi connectivity index (χ2n) is 4.45. The number of hydrogen-bond donors (Lipinski definition) is 1. The number of carbonyl (C=O) groups is 2. The molecule has 6 heteroatoms. The molecule has 0 aliphatic carbocycles.